The molecule has 0 spiro atoms. The number of fused-ring (bicyclic) bond motifs is 12. The fourth-order valence-electron chi connectivity index (χ4n) is 9.48. The van der Waals surface area contributed by atoms with Crippen molar-refractivity contribution in [3.8, 4) is 52.2 Å². The molecule has 4 nitrogen and oxygen atoms in total. The molecule has 0 aliphatic carbocycles. The van der Waals surface area contributed by atoms with Crippen molar-refractivity contribution in [1.29, 1.82) is 0 Å². The quantitative estimate of drug-likeness (QED) is 0.135. The first-order valence-corrected chi connectivity index (χ1v) is 18.4. The van der Waals surface area contributed by atoms with Gasteiger partial charge in [-0.15, -0.1) is 6.42 Å². The van der Waals surface area contributed by atoms with Crippen molar-refractivity contribution in [2.45, 2.75) is 6.92 Å². The summed E-state index contributed by atoms with van der Waals surface area (Å²) < 4.78 is 18.0. The molecule has 2 aliphatic heterocycles. The van der Waals surface area contributed by atoms with E-state index in [-0.39, 0.29) is 6.71 Å². The Morgan fingerprint density at radius 2 is 1.20 bits per heavy atom. The van der Waals surface area contributed by atoms with Gasteiger partial charge in [-0.2, -0.15) is 0 Å². The van der Waals surface area contributed by atoms with Gasteiger partial charge in [-0.1, -0.05) is 96.9 Å². The zero-order valence-electron chi connectivity index (χ0n) is 29.3. The third-order valence-electron chi connectivity index (χ3n) is 11.6. The standard InChI is InChI=1S/C49H29BN2O2/c1-3-13-39-32(4-2)35-28-36-33-14-5-9-18-40(33)52-41-19-10-6-15-34(41)46(49(36)52)48(35)51(39)31-24-22-29(23-25-31)30-26-44-47-45(27-30)54-43-21-12-8-17-38(43)50(47)37-16-7-11-20-42(37)53-44/h1,4-28H,2H3/b32-4-,39-13+. The van der Waals surface area contributed by atoms with Crippen LogP contribution < -0.4 is 36.4 Å². The molecule has 0 radical (unpaired) electrons. The molecule has 0 bridgehead atoms. The number of benzene rings is 7. The van der Waals surface area contributed by atoms with Crippen LogP contribution in [-0.2, 0) is 0 Å². The Kier molecular flexibility index (Phi) is 5.83. The first-order valence-electron chi connectivity index (χ1n) is 18.4. The van der Waals surface area contributed by atoms with Crippen molar-refractivity contribution < 1.29 is 9.47 Å². The highest BCUT2D eigenvalue weighted by Crippen LogP contribution is 2.43. The van der Waals surface area contributed by atoms with E-state index in [2.05, 4.69) is 155 Å². The van der Waals surface area contributed by atoms with Crippen LogP contribution >= 0.6 is 0 Å². The Labute approximate surface area is 310 Å². The molecule has 12 rings (SSSR count). The van der Waals surface area contributed by atoms with Gasteiger partial charge in [-0.05, 0) is 83.6 Å². The number of hydrogen-bond acceptors (Lipinski definition) is 2. The van der Waals surface area contributed by atoms with Gasteiger partial charge in [0, 0.05) is 49.4 Å². The summed E-state index contributed by atoms with van der Waals surface area (Å²) in [6, 6.07) is 49.6. The predicted molar refractivity (Wildman–Crippen MR) is 224 cm³/mol. The first-order chi connectivity index (χ1) is 26.7. The van der Waals surface area contributed by atoms with Gasteiger partial charge in [0.15, 0.2) is 0 Å². The third kappa shape index (κ3) is 3.74. The van der Waals surface area contributed by atoms with Crippen LogP contribution in [-0.4, -0.2) is 15.7 Å². The predicted octanol–water partition coefficient (Wildman–Crippen LogP) is 8.39. The summed E-state index contributed by atoms with van der Waals surface area (Å²) in [5, 5.41) is 8.27. The average Bonchev–Trinajstić information content (AvgIpc) is 3.85. The summed E-state index contributed by atoms with van der Waals surface area (Å²) in [6.07, 6.45) is 10.2. The topological polar surface area (TPSA) is 27.8 Å². The average molecular weight is 689 g/mol. The van der Waals surface area contributed by atoms with Crippen LogP contribution in [0.5, 0.6) is 23.0 Å². The molecular weight excluding hydrogens is 659 g/mol. The molecule has 0 amide bonds. The lowest BCUT2D eigenvalue weighted by molar-refractivity contribution is 0.465. The van der Waals surface area contributed by atoms with E-state index in [4.69, 9.17) is 15.9 Å². The van der Waals surface area contributed by atoms with E-state index in [1.54, 1.807) is 0 Å². The number of aromatic nitrogens is 2. The van der Waals surface area contributed by atoms with Crippen LogP contribution in [0.1, 0.15) is 6.92 Å². The van der Waals surface area contributed by atoms with Crippen LogP contribution in [0.3, 0.4) is 0 Å². The van der Waals surface area contributed by atoms with E-state index >= 15 is 0 Å². The lowest BCUT2D eigenvalue weighted by atomic mass is 9.35. The van der Waals surface area contributed by atoms with Crippen LogP contribution in [0.4, 0.5) is 0 Å². The summed E-state index contributed by atoms with van der Waals surface area (Å²) in [4.78, 5) is 0. The Morgan fingerprint density at radius 3 is 1.87 bits per heavy atom. The van der Waals surface area contributed by atoms with Gasteiger partial charge in [0.05, 0.1) is 27.4 Å². The van der Waals surface area contributed by atoms with Crippen LogP contribution in [0.2, 0.25) is 0 Å². The second-order valence-corrected chi connectivity index (χ2v) is 14.3. The smallest absolute Gasteiger partial charge is 0.260 e. The fourth-order valence-corrected chi connectivity index (χ4v) is 9.48. The van der Waals surface area contributed by atoms with Crippen molar-refractivity contribution in [2.24, 2.45) is 0 Å². The van der Waals surface area contributed by atoms with Gasteiger partial charge in [-0.3, -0.25) is 0 Å². The Hall–Kier alpha value is -7.16. The molecular formula is C49H29BN2O2. The van der Waals surface area contributed by atoms with Crippen LogP contribution in [0.15, 0.2) is 140 Å². The molecule has 2 aliphatic rings. The highest BCUT2D eigenvalue weighted by molar-refractivity contribution is 6.98. The molecule has 0 saturated carbocycles. The zero-order valence-corrected chi connectivity index (χ0v) is 29.3. The molecule has 0 saturated heterocycles. The molecule has 3 aromatic heterocycles. The fraction of sp³-hybridized carbons (Fsp3) is 0.0204. The first kappa shape index (κ1) is 29.4. The molecule has 7 aromatic carbocycles. The van der Waals surface area contributed by atoms with E-state index in [0.717, 1.165) is 72.3 Å². The zero-order chi connectivity index (χ0) is 35.7. The molecule has 0 atom stereocenters. The lowest BCUT2D eigenvalue weighted by Gasteiger charge is -2.33. The second kappa shape index (κ2) is 10.7. The monoisotopic (exact) mass is 688 g/mol. The van der Waals surface area contributed by atoms with Crippen molar-refractivity contribution >= 4 is 84.3 Å². The Morgan fingerprint density at radius 1 is 0.593 bits per heavy atom. The summed E-state index contributed by atoms with van der Waals surface area (Å²) in [6.45, 7) is 2.15. The third-order valence-corrected chi connectivity index (χ3v) is 11.6. The molecule has 5 heterocycles. The molecule has 5 heteroatoms. The molecule has 10 aromatic rings. The van der Waals surface area contributed by atoms with Gasteiger partial charge in [0.2, 0.25) is 0 Å². The Balaban J connectivity index is 1.09. The SMILES string of the molecule is C#C/C=c1\c(=C/C)c2cc3c4ccccc4n4c5ccccc5c(c2n1-c1ccc(-c2cc5c6c(c2)Oc2ccccc2B6c2ccccc2O5)cc1)c34. The number of terminal acetylenes is 1. The van der Waals surface area contributed by atoms with Crippen molar-refractivity contribution in [3.63, 3.8) is 0 Å². The number of rotatable bonds is 2. The molecule has 250 valence electrons. The summed E-state index contributed by atoms with van der Waals surface area (Å²) in [5.41, 5.74) is 11.3. The van der Waals surface area contributed by atoms with E-state index in [1.807, 2.05) is 18.2 Å². The molecule has 54 heavy (non-hydrogen) atoms. The van der Waals surface area contributed by atoms with Gasteiger partial charge >= 0.3 is 0 Å². The number of ether oxygens (including phenoxy) is 2. The summed E-state index contributed by atoms with van der Waals surface area (Å²) in [5.74, 6) is 6.29. The van der Waals surface area contributed by atoms with Crippen molar-refractivity contribution in [1.82, 2.24) is 8.97 Å². The van der Waals surface area contributed by atoms with Crippen LogP contribution in [0, 0.1) is 12.3 Å². The van der Waals surface area contributed by atoms with Gasteiger partial charge < -0.3 is 18.4 Å². The van der Waals surface area contributed by atoms with E-state index in [0.29, 0.717) is 0 Å². The summed E-state index contributed by atoms with van der Waals surface area (Å²) in [7, 11) is 0. The minimum Gasteiger partial charge on any atom is -0.458 e. The Bertz CT molecular complexity index is 3350. The van der Waals surface area contributed by atoms with Crippen molar-refractivity contribution in [2.75, 3.05) is 0 Å². The highest BCUT2D eigenvalue weighted by Gasteiger charge is 2.40. The van der Waals surface area contributed by atoms with Gasteiger partial charge in [-0.25, -0.2) is 0 Å². The number of para-hydroxylation sites is 4. The second-order valence-electron chi connectivity index (χ2n) is 14.3. The summed E-state index contributed by atoms with van der Waals surface area (Å²) >= 11 is 0. The van der Waals surface area contributed by atoms with E-state index in [1.165, 1.54) is 43.5 Å². The maximum Gasteiger partial charge on any atom is 0.260 e. The molecule has 0 unspecified atom stereocenters. The number of hydrogen-bond donors (Lipinski definition) is 0. The van der Waals surface area contributed by atoms with E-state index < -0.39 is 0 Å². The van der Waals surface area contributed by atoms with Crippen molar-refractivity contribution in [3.05, 3.63) is 150 Å². The highest BCUT2D eigenvalue weighted by atomic mass is 16.5. The van der Waals surface area contributed by atoms with E-state index in [9.17, 15) is 0 Å². The van der Waals surface area contributed by atoms with Gasteiger partial charge in [0.1, 0.15) is 23.0 Å². The normalized spacial score (nSPS) is 13.7. The minimum atomic E-state index is 0.0471. The molecule has 0 N–H and O–H groups in total. The van der Waals surface area contributed by atoms with Gasteiger partial charge in [0.25, 0.3) is 6.71 Å². The lowest BCUT2D eigenvalue weighted by Crippen LogP contribution is -2.57. The number of nitrogens with zero attached hydrogens (tertiary/aromatic N) is 2. The largest absolute Gasteiger partial charge is 0.458 e. The van der Waals surface area contributed by atoms with Crippen LogP contribution in [0.25, 0.3) is 78.0 Å². The maximum atomic E-state index is 6.60. The minimum absolute atomic E-state index is 0.0471. The maximum absolute atomic E-state index is 6.60. The molecule has 0 fully saturated rings.